The number of rotatable bonds is 6. The number of benzene rings is 3. The van der Waals surface area contributed by atoms with Gasteiger partial charge in [0.25, 0.3) is 5.91 Å². The third kappa shape index (κ3) is 4.16. The normalized spacial score (nSPS) is 18.6. The fourth-order valence-corrected chi connectivity index (χ4v) is 4.44. The molecule has 1 N–H and O–H groups in total. The molecule has 34 heavy (non-hydrogen) atoms. The van der Waals surface area contributed by atoms with Gasteiger partial charge in [-0.05, 0) is 59.7 Å². The van der Waals surface area contributed by atoms with Gasteiger partial charge in [-0.3, -0.25) is 9.59 Å². The molecule has 1 amide bonds. The quantitative estimate of drug-likeness (QED) is 0.479. The molecule has 0 spiro atoms. The minimum Gasteiger partial charge on any atom is -0.454 e. The van der Waals surface area contributed by atoms with Crippen molar-refractivity contribution in [2.75, 3.05) is 11.7 Å². The number of aliphatic hydroxyl groups is 1. The molecule has 0 aliphatic carbocycles. The molecule has 0 saturated carbocycles. The van der Waals surface area contributed by atoms with Crippen molar-refractivity contribution in [3.63, 3.8) is 0 Å². The van der Waals surface area contributed by atoms with Crippen molar-refractivity contribution in [2.24, 2.45) is 0 Å². The number of ether oxygens (including phenoxy) is 2. The lowest BCUT2D eigenvalue weighted by Crippen LogP contribution is -2.41. The molecule has 5 rings (SSSR count). The predicted molar refractivity (Wildman–Crippen MR) is 129 cm³/mol. The number of fused-ring (bicyclic) bond motifs is 2. The first-order chi connectivity index (χ1) is 16.3. The molecule has 0 fully saturated rings. The minimum absolute atomic E-state index is 0.158. The number of carbonyl (C=O) groups is 2. The topological polar surface area (TPSA) is 76.1 Å². The van der Waals surface area contributed by atoms with Gasteiger partial charge in [0.05, 0.1) is 18.7 Å². The zero-order chi connectivity index (χ0) is 23.9. The lowest BCUT2D eigenvalue weighted by atomic mass is 9.89. The van der Waals surface area contributed by atoms with E-state index >= 15 is 0 Å². The van der Waals surface area contributed by atoms with E-state index in [2.05, 4.69) is 0 Å². The smallest absolute Gasteiger partial charge is 0.264 e. The van der Waals surface area contributed by atoms with Crippen LogP contribution in [0.2, 0.25) is 10.0 Å². The molecule has 2 heterocycles. The average Bonchev–Trinajstić information content (AvgIpc) is 3.36. The fourth-order valence-electron chi connectivity index (χ4n) is 4.14. The highest BCUT2D eigenvalue weighted by Gasteiger charge is 2.50. The van der Waals surface area contributed by atoms with Crippen molar-refractivity contribution in [3.8, 4) is 11.5 Å². The predicted octanol–water partition coefficient (Wildman–Crippen LogP) is 5.13. The molecule has 0 radical (unpaired) electrons. The number of nitrogens with zero attached hydrogens (tertiary/aromatic N) is 1. The molecule has 172 valence electrons. The van der Waals surface area contributed by atoms with E-state index in [1.165, 1.54) is 17.0 Å². The van der Waals surface area contributed by atoms with E-state index in [9.17, 15) is 14.7 Å². The first-order valence-corrected chi connectivity index (χ1v) is 11.3. The van der Waals surface area contributed by atoms with Gasteiger partial charge in [-0.2, -0.15) is 0 Å². The second-order valence-electron chi connectivity index (χ2n) is 8.13. The molecular formula is C26H19Cl2NO5. The zero-order valence-electron chi connectivity index (χ0n) is 17.8. The Labute approximate surface area is 205 Å². The fraction of sp³-hybridized carbons (Fsp3) is 0.154. The van der Waals surface area contributed by atoms with Crippen molar-refractivity contribution in [2.45, 2.75) is 18.6 Å². The molecule has 0 saturated heterocycles. The van der Waals surface area contributed by atoms with E-state index in [4.69, 9.17) is 32.7 Å². The minimum atomic E-state index is -2.02. The molecule has 1 unspecified atom stereocenters. The number of hydrogen-bond donors (Lipinski definition) is 1. The number of hydrogen-bond acceptors (Lipinski definition) is 5. The van der Waals surface area contributed by atoms with Gasteiger partial charge in [-0.1, -0.05) is 47.5 Å². The van der Waals surface area contributed by atoms with Crippen LogP contribution in [0.4, 0.5) is 5.69 Å². The Morgan fingerprint density at radius 1 is 1.00 bits per heavy atom. The van der Waals surface area contributed by atoms with E-state index in [0.29, 0.717) is 32.8 Å². The largest absolute Gasteiger partial charge is 0.454 e. The van der Waals surface area contributed by atoms with Crippen LogP contribution in [0.25, 0.3) is 6.08 Å². The van der Waals surface area contributed by atoms with Crippen LogP contribution in [-0.4, -0.2) is 23.6 Å². The number of carbonyl (C=O) groups excluding carboxylic acids is 2. The Kier molecular flexibility index (Phi) is 5.81. The zero-order valence-corrected chi connectivity index (χ0v) is 19.3. The molecule has 1 atom stereocenters. The molecule has 0 aromatic heterocycles. The van der Waals surface area contributed by atoms with Crippen LogP contribution in [-0.2, 0) is 21.7 Å². The van der Waals surface area contributed by atoms with Crippen molar-refractivity contribution in [1.29, 1.82) is 0 Å². The number of anilines is 1. The van der Waals surface area contributed by atoms with Gasteiger partial charge < -0.3 is 19.5 Å². The standard InChI is InChI=1S/C26H19Cl2NO5/c27-18-5-1-17(2-6-18)14-29-22-9-7-19(28)12-21(22)26(32,25(29)31)13-20(30)8-3-16-4-10-23-24(11-16)34-15-33-23/h1-12,32H,13-15H2/b8-3+. The van der Waals surface area contributed by atoms with E-state index in [1.807, 2.05) is 12.1 Å². The van der Waals surface area contributed by atoms with Gasteiger partial charge in [-0.15, -0.1) is 0 Å². The third-order valence-electron chi connectivity index (χ3n) is 5.84. The summed E-state index contributed by atoms with van der Waals surface area (Å²) in [6.45, 7) is 0.374. The maximum absolute atomic E-state index is 13.4. The van der Waals surface area contributed by atoms with E-state index in [-0.39, 0.29) is 13.3 Å². The van der Waals surface area contributed by atoms with Crippen LogP contribution in [0, 0.1) is 0 Å². The Balaban J connectivity index is 1.40. The number of allylic oxidation sites excluding steroid dienone is 1. The van der Waals surface area contributed by atoms with Crippen LogP contribution in [0.15, 0.2) is 66.7 Å². The lowest BCUT2D eigenvalue weighted by Gasteiger charge is -2.22. The van der Waals surface area contributed by atoms with Gasteiger partial charge in [0.2, 0.25) is 6.79 Å². The lowest BCUT2D eigenvalue weighted by molar-refractivity contribution is -0.140. The summed E-state index contributed by atoms with van der Waals surface area (Å²) in [5.74, 6) is 0.251. The van der Waals surface area contributed by atoms with Crippen LogP contribution < -0.4 is 14.4 Å². The number of halogens is 2. The van der Waals surface area contributed by atoms with E-state index in [0.717, 1.165) is 11.1 Å². The first kappa shape index (κ1) is 22.5. The van der Waals surface area contributed by atoms with E-state index < -0.39 is 23.7 Å². The Hall–Kier alpha value is -3.32. The third-order valence-corrected chi connectivity index (χ3v) is 6.32. The monoisotopic (exact) mass is 495 g/mol. The van der Waals surface area contributed by atoms with Crippen LogP contribution in [0.3, 0.4) is 0 Å². The van der Waals surface area contributed by atoms with Gasteiger partial charge in [0.1, 0.15) is 0 Å². The maximum atomic E-state index is 13.4. The summed E-state index contributed by atoms with van der Waals surface area (Å²) in [6.07, 6.45) is 2.53. The van der Waals surface area contributed by atoms with Crippen molar-refractivity contribution in [1.82, 2.24) is 0 Å². The molecular weight excluding hydrogens is 477 g/mol. The second kappa shape index (κ2) is 8.80. The van der Waals surface area contributed by atoms with Crippen molar-refractivity contribution < 1.29 is 24.2 Å². The highest BCUT2D eigenvalue weighted by atomic mass is 35.5. The summed E-state index contributed by atoms with van der Waals surface area (Å²) in [6, 6.07) is 17.2. The van der Waals surface area contributed by atoms with Gasteiger partial charge in [-0.25, -0.2) is 0 Å². The summed E-state index contributed by atoms with van der Waals surface area (Å²) in [4.78, 5) is 27.7. The first-order valence-electron chi connectivity index (χ1n) is 10.5. The number of amides is 1. The van der Waals surface area contributed by atoms with Crippen molar-refractivity contribution in [3.05, 3.63) is 93.5 Å². The second-order valence-corrected chi connectivity index (χ2v) is 9.00. The molecule has 8 heteroatoms. The van der Waals surface area contributed by atoms with Gasteiger partial charge in [0, 0.05) is 15.6 Å². The summed E-state index contributed by atoms with van der Waals surface area (Å²) >= 11 is 12.1. The summed E-state index contributed by atoms with van der Waals surface area (Å²) in [5, 5.41) is 12.4. The molecule has 3 aromatic carbocycles. The van der Waals surface area contributed by atoms with Gasteiger partial charge in [0.15, 0.2) is 22.9 Å². The molecule has 3 aromatic rings. The highest BCUT2D eigenvalue weighted by molar-refractivity contribution is 6.31. The SMILES string of the molecule is O=C(/C=C/c1ccc2c(c1)OCO2)CC1(O)C(=O)N(Cc2ccc(Cl)cc2)c2ccc(Cl)cc21. The summed E-state index contributed by atoms with van der Waals surface area (Å²) in [5.41, 5.74) is 0.360. The Morgan fingerprint density at radius 3 is 2.53 bits per heavy atom. The summed E-state index contributed by atoms with van der Waals surface area (Å²) in [7, 11) is 0. The highest BCUT2D eigenvalue weighted by Crippen LogP contribution is 2.44. The van der Waals surface area contributed by atoms with Crippen LogP contribution >= 0.6 is 23.2 Å². The van der Waals surface area contributed by atoms with Gasteiger partial charge >= 0.3 is 0 Å². The molecule has 0 bridgehead atoms. The average molecular weight is 496 g/mol. The molecule has 2 aliphatic rings. The van der Waals surface area contributed by atoms with Crippen LogP contribution in [0.5, 0.6) is 11.5 Å². The Bertz CT molecular complexity index is 1320. The van der Waals surface area contributed by atoms with Crippen molar-refractivity contribution >= 4 is 46.7 Å². The molecule has 6 nitrogen and oxygen atoms in total. The van der Waals surface area contributed by atoms with E-state index in [1.54, 1.807) is 48.5 Å². The maximum Gasteiger partial charge on any atom is 0.264 e. The molecule has 2 aliphatic heterocycles. The van der Waals surface area contributed by atoms with Crippen LogP contribution in [0.1, 0.15) is 23.1 Å². The Morgan fingerprint density at radius 2 is 1.74 bits per heavy atom. The number of ketones is 1. The summed E-state index contributed by atoms with van der Waals surface area (Å²) < 4.78 is 10.6.